The molecule has 0 saturated heterocycles. The molecular weight excluding hydrogens is 322 g/mol. The molecule has 0 unspecified atom stereocenters. The van der Waals surface area contributed by atoms with Crippen LogP contribution in [0.2, 0.25) is 5.02 Å². The van der Waals surface area contributed by atoms with Crippen LogP contribution in [0.3, 0.4) is 0 Å². The van der Waals surface area contributed by atoms with Gasteiger partial charge in [0.05, 0.1) is 5.02 Å². The number of halogens is 1. The van der Waals surface area contributed by atoms with Gasteiger partial charge in [0.15, 0.2) is 0 Å². The van der Waals surface area contributed by atoms with Crippen molar-refractivity contribution in [2.24, 2.45) is 0 Å². The van der Waals surface area contributed by atoms with Gasteiger partial charge in [0, 0.05) is 24.1 Å². The molecule has 0 saturated carbocycles. The topological polar surface area (TPSA) is 42.2 Å². The Hall–Kier alpha value is -2.52. The minimum atomic E-state index is -0.0328. The Labute approximate surface area is 146 Å². The van der Waals surface area contributed by atoms with E-state index in [1.165, 1.54) is 0 Å². The van der Waals surface area contributed by atoms with Crippen LogP contribution >= 0.6 is 11.6 Å². The maximum Gasteiger partial charge on any atom is 0.224 e. The number of nitrogens with one attached hydrogen (secondary N) is 1. The Balaban J connectivity index is 1.58. The molecule has 0 bridgehead atoms. The summed E-state index contributed by atoms with van der Waals surface area (Å²) in [7, 11) is 0. The third-order valence-corrected chi connectivity index (χ3v) is 4.06. The van der Waals surface area contributed by atoms with Gasteiger partial charge in [-0.2, -0.15) is 0 Å². The van der Waals surface area contributed by atoms with E-state index in [1.54, 1.807) is 0 Å². The lowest BCUT2D eigenvalue weighted by Gasteiger charge is -2.05. The molecule has 0 radical (unpaired) electrons. The molecule has 0 atom stereocenters. The van der Waals surface area contributed by atoms with Crippen molar-refractivity contribution in [2.75, 3.05) is 5.32 Å². The van der Waals surface area contributed by atoms with Gasteiger partial charge in [-0.3, -0.25) is 4.79 Å². The van der Waals surface area contributed by atoms with Gasteiger partial charge in [-0.05, 0) is 43.3 Å². The smallest absolute Gasteiger partial charge is 0.224 e. The Bertz CT molecular complexity index is 837. The van der Waals surface area contributed by atoms with Crippen LogP contribution in [0.25, 0.3) is 11.3 Å². The monoisotopic (exact) mass is 339 g/mol. The highest BCUT2D eigenvalue weighted by Crippen LogP contribution is 2.29. The Morgan fingerprint density at radius 3 is 2.54 bits per heavy atom. The number of benzene rings is 2. The molecule has 0 aliphatic heterocycles. The molecule has 3 aromatic rings. The van der Waals surface area contributed by atoms with Crippen molar-refractivity contribution < 1.29 is 9.21 Å². The molecule has 24 heavy (non-hydrogen) atoms. The van der Waals surface area contributed by atoms with E-state index < -0.39 is 0 Å². The maximum absolute atomic E-state index is 12.0. The van der Waals surface area contributed by atoms with E-state index in [-0.39, 0.29) is 5.91 Å². The molecule has 4 heteroatoms. The van der Waals surface area contributed by atoms with Crippen LogP contribution in [-0.2, 0) is 11.2 Å². The second-order valence-electron chi connectivity index (χ2n) is 5.66. The number of carbonyl (C=O) groups is 1. The van der Waals surface area contributed by atoms with Crippen molar-refractivity contribution in [1.29, 1.82) is 0 Å². The van der Waals surface area contributed by atoms with Gasteiger partial charge in [-0.1, -0.05) is 41.4 Å². The van der Waals surface area contributed by atoms with E-state index in [1.807, 2.05) is 67.6 Å². The molecule has 0 aliphatic carbocycles. The number of furan rings is 1. The zero-order chi connectivity index (χ0) is 16.9. The summed E-state index contributed by atoms with van der Waals surface area (Å²) in [5.74, 6) is 1.45. The zero-order valence-corrected chi connectivity index (χ0v) is 14.1. The lowest BCUT2D eigenvalue weighted by molar-refractivity contribution is -0.116. The van der Waals surface area contributed by atoms with Crippen molar-refractivity contribution in [1.82, 2.24) is 0 Å². The molecule has 3 rings (SSSR count). The van der Waals surface area contributed by atoms with E-state index in [0.717, 1.165) is 28.3 Å². The average molecular weight is 340 g/mol. The summed E-state index contributed by atoms with van der Waals surface area (Å²) in [6.07, 6.45) is 0.908. The van der Waals surface area contributed by atoms with Gasteiger partial charge in [0.25, 0.3) is 0 Å². The van der Waals surface area contributed by atoms with Crippen LogP contribution < -0.4 is 5.32 Å². The van der Waals surface area contributed by atoms with E-state index in [2.05, 4.69) is 5.32 Å². The molecule has 3 nitrogen and oxygen atoms in total. The van der Waals surface area contributed by atoms with Crippen molar-refractivity contribution >= 4 is 23.2 Å². The van der Waals surface area contributed by atoms with Gasteiger partial charge in [0.1, 0.15) is 11.5 Å². The largest absolute Gasteiger partial charge is 0.461 e. The normalized spacial score (nSPS) is 10.6. The van der Waals surface area contributed by atoms with Gasteiger partial charge in [-0.15, -0.1) is 0 Å². The zero-order valence-electron chi connectivity index (χ0n) is 13.4. The van der Waals surface area contributed by atoms with Crippen LogP contribution in [0.15, 0.2) is 65.1 Å². The molecule has 1 aromatic heterocycles. The van der Waals surface area contributed by atoms with Crippen LogP contribution in [0.5, 0.6) is 0 Å². The van der Waals surface area contributed by atoms with E-state index >= 15 is 0 Å². The van der Waals surface area contributed by atoms with Crippen molar-refractivity contribution in [3.8, 4) is 11.3 Å². The van der Waals surface area contributed by atoms with E-state index in [9.17, 15) is 4.79 Å². The third-order valence-electron chi connectivity index (χ3n) is 3.73. The lowest BCUT2D eigenvalue weighted by atomic mass is 10.2. The first-order chi connectivity index (χ1) is 11.6. The molecule has 0 fully saturated rings. The summed E-state index contributed by atoms with van der Waals surface area (Å²) in [6.45, 7) is 2.01. The van der Waals surface area contributed by atoms with E-state index in [0.29, 0.717) is 17.9 Å². The molecule has 1 heterocycles. The predicted octanol–water partition coefficient (Wildman–Crippen LogP) is 5.48. The number of hydrogen-bond donors (Lipinski definition) is 1. The Morgan fingerprint density at radius 1 is 1.04 bits per heavy atom. The first-order valence-corrected chi connectivity index (χ1v) is 8.20. The first-order valence-electron chi connectivity index (χ1n) is 7.82. The number of carbonyl (C=O) groups excluding carboxylic acids is 1. The van der Waals surface area contributed by atoms with Gasteiger partial charge < -0.3 is 9.73 Å². The Kier molecular flexibility index (Phi) is 5.02. The van der Waals surface area contributed by atoms with Gasteiger partial charge >= 0.3 is 0 Å². The number of aryl methyl sites for hydroxylation is 2. The molecule has 2 aromatic carbocycles. The SMILES string of the molecule is Cc1ccc(NC(=O)CCc2ccc(-c3ccccc3Cl)o2)cc1. The van der Waals surface area contributed by atoms with Crippen molar-refractivity contribution in [3.63, 3.8) is 0 Å². The third kappa shape index (κ3) is 4.06. The molecule has 1 N–H and O–H groups in total. The maximum atomic E-state index is 12.0. The van der Waals surface area contributed by atoms with E-state index in [4.69, 9.17) is 16.0 Å². The summed E-state index contributed by atoms with van der Waals surface area (Å²) >= 11 is 6.17. The minimum absolute atomic E-state index is 0.0328. The van der Waals surface area contributed by atoms with Gasteiger partial charge in [0.2, 0.25) is 5.91 Å². The highest BCUT2D eigenvalue weighted by Gasteiger charge is 2.10. The number of amides is 1. The van der Waals surface area contributed by atoms with Crippen LogP contribution in [-0.4, -0.2) is 5.91 Å². The summed E-state index contributed by atoms with van der Waals surface area (Å²) in [4.78, 5) is 12.0. The fourth-order valence-corrected chi connectivity index (χ4v) is 2.64. The van der Waals surface area contributed by atoms with Crippen LogP contribution in [0.4, 0.5) is 5.69 Å². The quantitative estimate of drug-likeness (QED) is 0.668. The van der Waals surface area contributed by atoms with Crippen molar-refractivity contribution in [3.05, 3.63) is 77.0 Å². The number of anilines is 1. The highest BCUT2D eigenvalue weighted by atomic mass is 35.5. The fourth-order valence-electron chi connectivity index (χ4n) is 2.42. The lowest BCUT2D eigenvalue weighted by Crippen LogP contribution is -2.12. The van der Waals surface area contributed by atoms with Crippen LogP contribution in [0.1, 0.15) is 17.7 Å². The fraction of sp³-hybridized carbons (Fsp3) is 0.150. The molecular formula is C20H18ClNO2. The minimum Gasteiger partial charge on any atom is -0.461 e. The molecule has 1 amide bonds. The molecule has 122 valence electrons. The average Bonchev–Trinajstić information content (AvgIpc) is 3.04. The number of rotatable bonds is 5. The van der Waals surface area contributed by atoms with Crippen LogP contribution in [0, 0.1) is 6.92 Å². The van der Waals surface area contributed by atoms with Crippen molar-refractivity contribution in [2.45, 2.75) is 19.8 Å². The summed E-state index contributed by atoms with van der Waals surface area (Å²) in [5.41, 5.74) is 2.83. The number of hydrogen-bond acceptors (Lipinski definition) is 2. The highest BCUT2D eigenvalue weighted by molar-refractivity contribution is 6.33. The molecule has 0 aliphatic rings. The standard InChI is InChI=1S/C20H18ClNO2/c1-14-6-8-15(9-7-14)22-20(23)13-11-16-10-12-19(24-16)17-4-2-3-5-18(17)21/h2-10,12H,11,13H2,1H3,(H,22,23). The summed E-state index contributed by atoms with van der Waals surface area (Å²) in [6, 6.07) is 19.0. The first kappa shape index (κ1) is 16.3. The Morgan fingerprint density at radius 2 is 1.79 bits per heavy atom. The van der Waals surface area contributed by atoms with Gasteiger partial charge in [-0.25, -0.2) is 0 Å². The molecule has 0 spiro atoms. The second-order valence-corrected chi connectivity index (χ2v) is 6.07. The second kappa shape index (κ2) is 7.37. The summed E-state index contributed by atoms with van der Waals surface area (Å²) < 4.78 is 5.80. The predicted molar refractivity (Wildman–Crippen MR) is 97.3 cm³/mol. The summed E-state index contributed by atoms with van der Waals surface area (Å²) in [5, 5.41) is 3.53.